The molecule has 1 aliphatic heterocycles. The van der Waals surface area contributed by atoms with Gasteiger partial charge in [-0.2, -0.15) is 0 Å². The molecule has 2 unspecified atom stereocenters. The fourth-order valence-electron chi connectivity index (χ4n) is 2.96. The van der Waals surface area contributed by atoms with E-state index >= 15 is 0 Å². The molecule has 0 radical (unpaired) electrons. The quantitative estimate of drug-likeness (QED) is 0.760. The summed E-state index contributed by atoms with van der Waals surface area (Å²) < 4.78 is 0. The molecule has 1 saturated carbocycles. The lowest BCUT2D eigenvalue weighted by Crippen LogP contribution is -2.47. The molecule has 98 valence electrons. The number of carbonyl (C=O) groups is 1. The molecule has 2 atom stereocenters. The lowest BCUT2D eigenvalue weighted by atomic mass is 10.1. The molecule has 1 heterocycles. The van der Waals surface area contributed by atoms with Crippen molar-refractivity contribution in [2.75, 3.05) is 19.6 Å². The number of nitrogens with one attached hydrogen (secondary N) is 1. The second-order valence-corrected chi connectivity index (χ2v) is 5.55. The molecule has 1 amide bonds. The van der Waals surface area contributed by atoms with Gasteiger partial charge in [0.2, 0.25) is 5.91 Å². The van der Waals surface area contributed by atoms with E-state index < -0.39 is 0 Å². The van der Waals surface area contributed by atoms with Gasteiger partial charge < -0.3 is 11.1 Å². The fourth-order valence-corrected chi connectivity index (χ4v) is 2.96. The van der Waals surface area contributed by atoms with Crippen molar-refractivity contribution in [3.63, 3.8) is 0 Å². The van der Waals surface area contributed by atoms with Gasteiger partial charge in [0.05, 0.1) is 6.04 Å². The highest BCUT2D eigenvalue weighted by Gasteiger charge is 2.30. The number of carbonyl (C=O) groups excluding carboxylic acids is 1. The molecule has 0 spiro atoms. The molecule has 2 fully saturated rings. The molecule has 4 nitrogen and oxygen atoms in total. The molecular formula is C13H25N3O. The molecule has 0 aromatic heterocycles. The Kier molecular flexibility index (Phi) is 4.40. The van der Waals surface area contributed by atoms with Crippen LogP contribution in [-0.2, 0) is 4.79 Å². The third kappa shape index (κ3) is 3.19. The van der Waals surface area contributed by atoms with Gasteiger partial charge >= 0.3 is 0 Å². The Labute approximate surface area is 104 Å². The number of hydrogen-bond acceptors (Lipinski definition) is 3. The molecule has 17 heavy (non-hydrogen) atoms. The van der Waals surface area contributed by atoms with E-state index in [1.807, 2.05) is 6.92 Å². The first-order valence-electron chi connectivity index (χ1n) is 6.95. The SMILES string of the molecule is CC(C(=O)NC1CCCC1)N1CCC(CN)C1. The summed E-state index contributed by atoms with van der Waals surface area (Å²) >= 11 is 0. The predicted octanol–water partition coefficient (Wildman–Crippen LogP) is 0.714. The number of rotatable bonds is 4. The summed E-state index contributed by atoms with van der Waals surface area (Å²) in [6.45, 7) is 4.76. The average Bonchev–Trinajstić information content (AvgIpc) is 2.98. The van der Waals surface area contributed by atoms with Gasteiger partial charge in [0.15, 0.2) is 0 Å². The van der Waals surface area contributed by atoms with Crippen LogP contribution in [0.3, 0.4) is 0 Å². The van der Waals surface area contributed by atoms with Crippen molar-refractivity contribution in [1.82, 2.24) is 10.2 Å². The highest BCUT2D eigenvalue weighted by atomic mass is 16.2. The monoisotopic (exact) mass is 239 g/mol. The van der Waals surface area contributed by atoms with Crippen LogP contribution in [0, 0.1) is 5.92 Å². The summed E-state index contributed by atoms with van der Waals surface area (Å²) in [7, 11) is 0. The largest absolute Gasteiger partial charge is 0.352 e. The number of hydrogen-bond donors (Lipinski definition) is 2. The molecule has 4 heteroatoms. The molecule has 3 N–H and O–H groups in total. The van der Waals surface area contributed by atoms with Crippen molar-refractivity contribution in [3.05, 3.63) is 0 Å². The first kappa shape index (κ1) is 12.8. The van der Waals surface area contributed by atoms with Crippen LogP contribution in [-0.4, -0.2) is 42.5 Å². The highest BCUT2D eigenvalue weighted by molar-refractivity contribution is 5.81. The van der Waals surface area contributed by atoms with Crippen LogP contribution in [0.4, 0.5) is 0 Å². The molecule has 0 aromatic rings. The second-order valence-electron chi connectivity index (χ2n) is 5.55. The molecule has 0 aromatic carbocycles. The number of likely N-dealkylation sites (tertiary alicyclic amines) is 1. The topological polar surface area (TPSA) is 58.4 Å². The van der Waals surface area contributed by atoms with Gasteiger partial charge in [-0.1, -0.05) is 12.8 Å². The Morgan fingerprint density at radius 3 is 2.71 bits per heavy atom. The normalized spacial score (nSPS) is 28.5. The van der Waals surface area contributed by atoms with E-state index in [1.54, 1.807) is 0 Å². The number of nitrogens with zero attached hydrogens (tertiary/aromatic N) is 1. The van der Waals surface area contributed by atoms with Gasteiger partial charge in [0, 0.05) is 12.6 Å². The van der Waals surface area contributed by atoms with Gasteiger partial charge in [-0.25, -0.2) is 0 Å². The number of nitrogens with two attached hydrogens (primary N) is 1. The van der Waals surface area contributed by atoms with E-state index in [0.29, 0.717) is 12.0 Å². The average molecular weight is 239 g/mol. The lowest BCUT2D eigenvalue weighted by Gasteiger charge is -2.25. The van der Waals surface area contributed by atoms with Gasteiger partial charge in [-0.05, 0) is 45.2 Å². The van der Waals surface area contributed by atoms with Crippen LogP contribution in [0.5, 0.6) is 0 Å². The predicted molar refractivity (Wildman–Crippen MR) is 68.6 cm³/mol. The third-order valence-electron chi connectivity index (χ3n) is 4.28. The summed E-state index contributed by atoms with van der Waals surface area (Å²) in [4.78, 5) is 14.4. The minimum Gasteiger partial charge on any atom is -0.352 e. The van der Waals surface area contributed by atoms with E-state index in [-0.39, 0.29) is 11.9 Å². The molecule has 0 bridgehead atoms. The zero-order valence-electron chi connectivity index (χ0n) is 10.8. The summed E-state index contributed by atoms with van der Waals surface area (Å²) in [6.07, 6.45) is 5.97. The Balaban J connectivity index is 1.78. The van der Waals surface area contributed by atoms with Gasteiger partial charge in [-0.3, -0.25) is 9.69 Å². The van der Waals surface area contributed by atoms with Crippen LogP contribution >= 0.6 is 0 Å². The zero-order valence-corrected chi connectivity index (χ0v) is 10.8. The van der Waals surface area contributed by atoms with Crippen molar-refractivity contribution < 1.29 is 4.79 Å². The van der Waals surface area contributed by atoms with E-state index in [1.165, 1.54) is 12.8 Å². The Hall–Kier alpha value is -0.610. The van der Waals surface area contributed by atoms with Crippen LogP contribution in [0.25, 0.3) is 0 Å². The maximum atomic E-state index is 12.1. The van der Waals surface area contributed by atoms with E-state index in [9.17, 15) is 4.79 Å². The molecule has 1 aliphatic carbocycles. The van der Waals surface area contributed by atoms with Crippen LogP contribution < -0.4 is 11.1 Å². The first-order chi connectivity index (χ1) is 8.20. The van der Waals surface area contributed by atoms with Crippen LogP contribution in [0.2, 0.25) is 0 Å². The highest BCUT2D eigenvalue weighted by Crippen LogP contribution is 2.20. The minimum absolute atomic E-state index is 0.00662. The summed E-state index contributed by atoms with van der Waals surface area (Å²) in [5, 5.41) is 3.18. The molecule has 2 aliphatic rings. The van der Waals surface area contributed by atoms with E-state index in [2.05, 4.69) is 10.2 Å². The zero-order chi connectivity index (χ0) is 12.3. The first-order valence-corrected chi connectivity index (χ1v) is 6.95. The number of amides is 1. The maximum Gasteiger partial charge on any atom is 0.237 e. The van der Waals surface area contributed by atoms with Crippen molar-refractivity contribution in [1.29, 1.82) is 0 Å². The minimum atomic E-state index is 0.00662. The fraction of sp³-hybridized carbons (Fsp3) is 0.923. The van der Waals surface area contributed by atoms with Gasteiger partial charge in [0.1, 0.15) is 0 Å². The van der Waals surface area contributed by atoms with Crippen molar-refractivity contribution in [3.8, 4) is 0 Å². The second kappa shape index (κ2) is 5.83. The van der Waals surface area contributed by atoms with Crippen molar-refractivity contribution >= 4 is 5.91 Å². The smallest absolute Gasteiger partial charge is 0.237 e. The third-order valence-corrected chi connectivity index (χ3v) is 4.28. The standard InChI is InChI=1S/C13H25N3O/c1-10(16-7-6-11(8-14)9-16)13(17)15-12-4-2-3-5-12/h10-12H,2-9,14H2,1H3,(H,15,17). The van der Waals surface area contributed by atoms with Gasteiger partial charge in [-0.15, -0.1) is 0 Å². The Morgan fingerprint density at radius 2 is 2.12 bits per heavy atom. The van der Waals surface area contributed by atoms with Crippen molar-refractivity contribution in [2.24, 2.45) is 11.7 Å². The summed E-state index contributed by atoms with van der Waals surface area (Å²) in [5.41, 5.74) is 5.68. The van der Waals surface area contributed by atoms with E-state index in [0.717, 1.165) is 38.9 Å². The van der Waals surface area contributed by atoms with Crippen LogP contribution in [0.15, 0.2) is 0 Å². The Bertz CT molecular complexity index is 263. The molecular weight excluding hydrogens is 214 g/mol. The molecule has 1 saturated heterocycles. The molecule has 2 rings (SSSR count). The maximum absolute atomic E-state index is 12.1. The Morgan fingerprint density at radius 1 is 1.41 bits per heavy atom. The van der Waals surface area contributed by atoms with Crippen LogP contribution in [0.1, 0.15) is 39.0 Å². The van der Waals surface area contributed by atoms with Crippen molar-refractivity contribution in [2.45, 2.75) is 51.1 Å². The van der Waals surface area contributed by atoms with E-state index in [4.69, 9.17) is 5.73 Å². The van der Waals surface area contributed by atoms with Gasteiger partial charge in [0.25, 0.3) is 0 Å². The lowest BCUT2D eigenvalue weighted by molar-refractivity contribution is -0.126. The summed E-state index contributed by atoms with van der Waals surface area (Å²) in [6, 6.07) is 0.435. The summed E-state index contributed by atoms with van der Waals surface area (Å²) in [5.74, 6) is 0.784.